The van der Waals surface area contributed by atoms with E-state index in [0.717, 1.165) is 22.2 Å². The minimum atomic E-state index is -1.10. The van der Waals surface area contributed by atoms with Crippen molar-refractivity contribution in [2.75, 3.05) is 20.3 Å². The summed E-state index contributed by atoms with van der Waals surface area (Å²) in [6, 6.07) is 12.3. The first kappa shape index (κ1) is 29.5. The Balaban J connectivity index is 1.47. The van der Waals surface area contributed by atoms with E-state index in [4.69, 9.17) is 14.2 Å². The summed E-state index contributed by atoms with van der Waals surface area (Å²) in [5, 5.41) is 21.2. The summed E-state index contributed by atoms with van der Waals surface area (Å²) in [5.74, 6) is 0.223. The molecule has 0 bridgehead atoms. The molecule has 0 aliphatic carbocycles. The highest BCUT2D eigenvalue weighted by Gasteiger charge is 2.32. The summed E-state index contributed by atoms with van der Waals surface area (Å²) in [4.78, 5) is 24.6. The van der Waals surface area contributed by atoms with Crippen molar-refractivity contribution in [2.24, 2.45) is 5.10 Å². The predicted octanol–water partition coefficient (Wildman–Crippen LogP) is 4.05. The van der Waals surface area contributed by atoms with Crippen molar-refractivity contribution in [1.29, 1.82) is 0 Å². The van der Waals surface area contributed by atoms with Gasteiger partial charge in [0.1, 0.15) is 6.61 Å². The van der Waals surface area contributed by atoms with Crippen LogP contribution in [0.4, 0.5) is 4.79 Å². The molecule has 2 amide bonds. The highest BCUT2D eigenvalue weighted by Crippen LogP contribution is 2.35. The second-order valence-corrected chi connectivity index (χ2v) is 9.90. The Bertz CT molecular complexity index is 1490. The summed E-state index contributed by atoms with van der Waals surface area (Å²) in [6.45, 7) is 10.0. The third kappa shape index (κ3) is 6.30. The Morgan fingerprint density at radius 2 is 1.93 bits per heavy atom. The molecule has 2 aromatic carbocycles. The quantitative estimate of drug-likeness (QED) is 0.120. The van der Waals surface area contributed by atoms with E-state index in [1.54, 1.807) is 31.3 Å². The molecule has 218 valence electrons. The van der Waals surface area contributed by atoms with Gasteiger partial charge in [-0.15, -0.1) is 0 Å². The molecule has 0 spiro atoms. The van der Waals surface area contributed by atoms with Crippen LogP contribution in [0.15, 0.2) is 58.8 Å². The zero-order valence-electron chi connectivity index (χ0n) is 24.1. The molecule has 2 atom stereocenters. The lowest BCUT2D eigenvalue weighted by Crippen LogP contribution is -2.45. The highest BCUT2D eigenvalue weighted by atomic mass is 16.5. The Hall–Kier alpha value is -4.51. The van der Waals surface area contributed by atoms with Gasteiger partial charge in [-0.1, -0.05) is 24.3 Å². The summed E-state index contributed by atoms with van der Waals surface area (Å²) >= 11 is 0. The molecular formula is C30H37N5O6. The van der Waals surface area contributed by atoms with Gasteiger partial charge in [-0.2, -0.15) is 5.10 Å². The van der Waals surface area contributed by atoms with Crippen molar-refractivity contribution in [2.45, 2.75) is 52.9 Å². The number of aliphatic hydroxyl groups is 1. The number of carbonyl (C=O) groups excluding carboxylic acids is 2. The van der Waals surface area contributed by atoms with Gasteiger partial charge < -0.3 is 34.5 Å². The van der Waals surface area contributed by atoms with Gasteiger partial charge in [-0.25, -0.2) is 9.59 Å². The molecule has 0 fully saturated rings. The van der Waals surface area contributed by atoms with E-state index in [0.29, 0.717) is 29.4 Å². The maximum Gasteiger partial charge on any atom is 0.337 e. The number of hydrogen-bond donors (Lipinski definition) is 4. The van der Waals surface area contributed by atoms with Crippen molar-refractivity contribution in [3.05, 3.63) is 70.6 Å². The van der Waals surface area contributed by atoms with Crippen molar-refractivity contribution in [1.82, 2.24) is 20.6 Å². The van der Waals surface area contributed by atoms with Crippen LogP contribution in [-0.2, 0) is 9.53 Å². The largest absolute Gasteiger partial charge is 0.490 e. The molecule has 0 saturated carbocycles. The van der Waals surface area contributed by atoms with E-state index in [1.807, 2.05) is 19.1 Å². The number of esters is 1. The second kappa shape index (κ2) is 12.8. The lowest BCUT2D eigenvalue weighted by atomic mass is 9.95. The molecule has 1 aliphatic heterocycles. The van der Waals surface area contributed by atoms with Crippen molar-refractivity contribution < 1.29 is 28.9 Å². The molecule has 11 nitrogen and oxygen atoms in total. The molecule has 0 unspecified atom stereocenters. The molecular weight excluding hydrogens is 526 g/mol. The smallest absolute Gasteiger partial charge is 0.337 e. The third-order valence-corrected chi connectivity index (χ3v) is 6.81. The first-order chi connectivity index (χ1) is 19.7. The predicted molar refractivity (Wildman–Crippen MR) is 156 cm³/mol. The summed E-state index contributed by atoms with van der Waals surface area (Å²) in [6.07, 6.45) is 0.612. The standard InChI is InChI=1S/C30H37N5O6/c1-7-40-25-14-20(28-27(29(37)39-6)18(4)32-30(38)33-28)12-13-24(25)41-16-26(36)34-31-15-22-19(5)35(17(2)3)23-11-9-8-10-21(22)23/h8-15,17,26,28,34,36H,7,16H2,1-6H3,(H2,32,33,38)/b31-15+/t26-,28-/m0/s1. The Labute approximate surface area is 239 Å². The third-order valence-electron chi connectivity index (χ3n) is 6.81. The fourth-order valence-electron chi connectivity index (χ4n) is 5.06. The number of aliphatic hydroxyl groups excluding tert-OH is 1. The number of aromatic nitrogens is 1. The molecule has 2 heterocycles. The number of carbonyl (C=O) groups is 2. The minimum Gasteiger partial charge on any atom is -0.490 e. The average molecular weight is 564 g/mol. The lowest BCUT2D eigenvalue weighted by Gasteiger charge is -2.28. The zero-order valence-corrected chi connectivity index (χ0v) is 24.1. The second-order valence-electron chi connectivity index (χ2n) is 9.90. The summed E-state index contributed by atoms with van der Waals surface area (Å²) in [7, 11) is 1.28. The lowest BCUT2D eigenvalue weighted by molar-refractivity contribution is -0.136. The number of ether oxygens (including phenoxy) is 3. The van der Waals surface area contributed by atoms with Gasteiger partial charge in [0.05, 0.1) is 31.5 Å². The van der Waals surface area contributed by atoms with Crippen LogP contribution in [0.1, 0.15) is 56.6 Å². The number of nitrogens with one attached hydrogen (secondary N) is 3. The van der Waals surface area contributed by atoms with Crippen LogP contribution in [0, 0.1) is 6.92 Å². The van der Waals surface area contributed by atoms with Gasteiger partial charge >= 0.3 is 12.0 Å². The Kier molecular flexibility index (Phi) is 9.18. The fourth-order valence-corrected chi connectivity index (χ4v) is 5.06. The fraction of sp³-hybridized carbons (Fsp3) is 0.367. The van der Waals surface area contributed by atoms with Crippen molar-refractivity contribution in [3.8, 4) is 11.5 Å². The average Bonchev–Trinajstić information content (AvgIpc) is 3.22. The van der Waals surface area contributed by atoms with E-state index in [1.165, 1.54) is 7.11 Å². The molecule has 0 radical (unpaired) electrons. The van der Waals surface area contributed by atoms with Crippen molar-refractivity contribution in [3.63, 3.8) is 0 Å². The van der Waals surface area contributed by atoms with Gasteiger partial charge in [-0.05, 0) is 58.4 Å². The Morgan fingerprint density at radius 3 is 2.63 bits per heavy atom. The van der Waals surface area contributed by atoms with Gasteiger partial charge in [0.25, 0.3) is 0 Å². The SMILES string of the molecule is CCOc1cc([C@@H]2NC(=O)NC(C)=C2C(=O)OC)ccc1OC[C@H](O)N/N=C/c1c(C)n(C(C)C)c2ccccc12. The molecule has 0 saturated heterocycles. The van der Waals surface area contributed by atoms with Crippen LogP contribution in [0.25, 0.3) is 10.9 Å². The normalized spacial score (nSPS) is 16.1. The summed E-state index contributed by atoms with van der Waals surface area (Å²) in [5.41, 5.74) is 7.21. The molecule has 1 aliphatic rings. The van der Waals surface area contributed by atoms with E-state index in [-0.39, 0.29) is 18.2 Å². The number of hydrazone groups is 1. The zero-order chi connectivity index (χ0) is 29.7. The molecule has 11 heteroatoms. The monoisotopic (exact) mass is 563 g/mol. The maximum atomic E-state index is 12.4. The molecule has 3 aromatic rings. The van der Waals surface area contributed by atoms with Gasteiger partial charge in [0, 0.05) is 33.9 Å². The number of benzene rings is 2. The van der Waals surface area contributed by atoms with Crippen LogP contribution >= 0.6 is 0 Å². The number of para-hydroxylation sites is 1. The van der Waals surface area contributed by atoms with Crippen LogP contribution in [0.3, 0.4) is 0 Å². The number of amides is 2. The van der Waals surface area contributed by atoms with Crippen LogP contribution in [0.2, 0.25) is 0 Å². The maximum absolute atomic E-state index is 12.4. The van der Waals surface area contributed by atoms with E-state index in [2.05, 4.69) is 58.6 Å². The minimum absolute atomic E-state index is 0.111. The van der Waals surface area contributed by atoms with Crippen molar-refractivity contribution >= 4 is 29.1 Å². The number of nitrogens with zero attached hydrogens (tertiary/aromatic N) is 2. The highest BCUT2D eigenvalue weighted by molar-refractivity contribution is 6.01. The summed E-state index contributed by atoms with van der Waals surface area (Å²) < 4.78 is 18.8. The van der Waals surface area contributed by atoms with E-state index < -0.39 is 24.3 Å². The number of allylic oxidation sites excluding steroid dienone is 1. The number of methoxy groups -OCH3 is 1. The topological polar surface area (TPSA) is 135 Å². The van der Waals surface area contributed by atoms with Gasteiger partial charge in [0.2, 0.25) is 0 Å². The molecule has 4 rings (SSSR count). The Morgan fingerprint density at radius 1 is 1.17 bits per heavy atom. The molecule has 41 heavy (non-hydrogen) atoms. The van der Waals surface area contributed by atoms with E-state index >= 15 is 0 Å². The first-order valence-corrected chi connectivity index (χ1v) is 13.5. The van der Waals surface area contributed by atoms with Crippen LogP contribution in [0.5, 0.6) is 11.5 Å². The molecule has 4 N–H and O–H groups in total. The molecule has 1 aromatic heterocycles. The number of fused-ring (bicyclic) bond motifs is 1. The number of urea groups is 1. The van der Waals surface area contributed by atoms with E-state index in [9.17, 15) is 14.7 Å². The first-order valence-electron chi connectivity index (χ1n) is 13.5. The van der Waals surface area contributed by atoms with Crippen LogP contribution < -0.4 is 25.5 Å². The van der Waals surface area contributed by atoms with Crippen LogP contribution in [-0.4, -0.2) is 54.4 Å². The van der Waals surface area contributed by atoms with Gasteiger partial charge in [0.15, 0.2) is 17.7 Å². The van der Waals surface area contributed by atoms with Gasteiger partial charge in [-0.3, -0.25) is 5.43 Å². The number of rotatable bonds is 11. The number of hydrogen-bond acceptors (Lipinski definition) is 8.